The number of anilines is 1. The summed E-state index contributed by atoms with van der Waals surface area (Å²) in [7, 11) is 1.57. The lowest BCUT2D eigenvalue weighted by Gasteiger charge is -2.05. The molecule has 30 heavy (non-hydrogen) atoms. The van der Waals surface area contributed by atoms with E-state index in [0.717, 1.165) is 23.3 Å². The highest BCUT2D eigenvalue weighted by molar-refractivity contribution is 6.35. The van der Waals surface area contributed by atoms with Gasteiger partial charge in [0.2, 0.25) is 5.78 Å². The molecule has 1 aromatic heterocycles. The predicted octanol–water partition coefficient (Wildman–Crippen LogP) is 5.07. The van der Waals surface area contributed by atoms with E-state index in [2.05, 4.69) is 5.32 Å². The van der Waals surface area contributed by atoms with E-state index in [1.54, 1.807) is 37.4 Å². The number of amides is 1. The Morgan fingerprint density at radius 1 is 1.03 bits per heavy atom. The molecular weight excluding hydrogens is 407 g/mol. The van der Waals surface area contributed by atoms with Crippen LogP contribution in [0.1, 0.15) is 26.5 Å². The normalized spacial score (nSPS) is 10.9. The first-order valence-corrected chi connectivity index (χ1v) is 9.41. The topological polar surface area (TPSA) is 85.3 Å². The Hall–Kier alpha value is -3.64. The van der Waals surface area contributed by atoms with Crippen LogP contribution in [0.3, 0.4) is 0 Å². The van der Waals surface area contributed by atoms with Crippen molar-refractivity contribution in [3.05, 3.63) is 88.4 Å². The van der Waals surface area contributed by atoms with E-state index in [1.165, 1.54) is 6.07 Å². The summed E-state index contributed by atoms with van der Waals surface area (Å²) in [6.07, 6.45) is 0. The second-order valence-corrected chi connectivity index (χ2v) is 7.08. The first kappa shape index (κ1) is 19.7. The zero-order valence-electron chi connectivity index (χ0n) is 15.8. The van der Waals surface area contributed by atoms with Gasteiger partial charge in [0.05, 0.1) is 10.7 Å². The smallest absolute Gasteiger partial charge is 0.251 e. The Morgan fingerprint density at radius 3 is 2.53 bits per heavy atom. The highest BCUT2D eigenvalue weighted by Gasteiger charge is 2.22. The number of furan rings is 1. The zero-order valence-corrected chi connectivity index (χ0v) is 16.6. The molecule has 3 N–H and O–H groups in total. The van der Waals surface area contributed by atoms with Crippen LogP contribution in [-0.2, 0) is 0 Å². The van der Waals surface area contributed by atoms with Crippen molar-refractivity contribution in [2.75, 3.05) is 12.8 Å². The third-order valence-corrected chi connectivity index (χ3v) is 5.11. The minimum absolute atomic E-state index is 0.0217. The maximum absolute atomic E-state index is 13.3. The largest absolute Gasteiger partial charge is 0.450 e. The van der Waals surface area contributed by atoms with E-state index < -0.39 is 11.6 Å². The number of halogens is 2. The highest BCUT2D eigenvalue weighted by atomic mass is 35.5. The number of ketones is 1. The van der Waals surface area contributed by atoms with Gasteiger partial charge in [0.1, 0.15) is 11.4 Å². The van der Waals surface area contributed by atoms with E-state index in [9.17, 15) is 14.0 Å². The monoisotopic (exact) mass is 422 g/mol. The second-order valence-electron chi connectivity index (χ2n) is 6.67. The molecule has 5 nitrogen and oxygen atoms in total. The number of nitrogens with two attached hydrogens (primary N) is 1. The fourth-order valence-electron chi connectivity index (χ4n) is 3.25. The van der Waals surface area contributed by atoms with Crippen molar-refractivity contribution in [1.82, 2.24) is 5.32 Å². The molecule has 0 radical (unpaired) electrons. The molecule has 0 saturated carbocycles. The van der Waals surface area contributed by atoms with Crippen LogP contribution < -0.4 is 11.1 Å². The number of nitrogens with one attached hydrogen (secondary N) is 1. The average molecular weight is 423 g/mol. The Morgan fingerprint density at radius 2 is 1.80 bits per heavy atom. The number of carbonyl (C=O) groups is 2. The molecule has 0 aliphatic heterocycles. The lowest BCUT2D eigenvalue weighted by molar-refractivity contribution is 0.0962. The summed E-state index contributed by atoms with van der Waals surface area (Å²) in [6.45, 7) is 0. The molecule has 0 saturated heterocycles. The van der Waals surface area contributed by atoms with Gasteiger partial charge in [-0.3, -0.25) is 9.59 Å². The molecule has 4 rings (SSSR count). The molecule has 0 fully saturated rings. The predicted molar refractivity (Wildman–Crippen MR) is 114 cm³/mol. The average Bonchev–Trinajstić information content (AvgIpc) is 3.08. The van der Waals surface area contributed by atoms with Crippen LogP contribution in [0.4, 0.5) is 10.1 Å². The molecule has 0 aliphatic carbocycles. The van der Waals surface area contributed by atoms with Gasteiger partial charge in [-0.2, -0.15) is 0 Å². The molecule has 0 bridgehead atoms. The molecule has 0 unspecified atom stereocenters. The maximum atomic E-state index is 13.3. The Balaban J connectivity index is 1.77. The number of hydrogen-bond acceptors (Lipinski definition) is 4. The quantitative estimate of drug-likeness (QED) is 0.450. The highest BCUT2D eigenvalue weighted by Crippen LogP contribution is 2.34. The Labute approximate surface area is 176 Å². The zero-order chi connectivity index (χ0) is 21.4. The molecule has 7 heteroatoms. The summed E-state index contributed by atoms with van der Waals surface area (Å²) in [6, 6.07) is 16.0. The summed E-state index contributed by atoms with van der Waals surface area (Å²) in [5.74, 6) is -1.33. The SMILES string of the molecule is CNC(=O)c1cccc(-c2ccc3c(N)c(C(=O)c4ccc(F)cc4Cl)oc3c2)c1. The van der Waals surface area contributed by atoms with Gasteiger partial charge in [-0.1, -0.05) is 29.8 Å². The van der Waals surface area contributed by atoms with Crippen LogP contribution >= 0.6 is 11.6 Å². The minimum Gasteiger partial charge on any atom is -0.450 e. The standard InChI is InChI=1S/C23H16ClFN2O3/c1-27-23(29)14-4-2-3-12(9-14)13-5-7-17-19(10-13)30-22(20(17)26)21(28)16-8-6-15(25)11-18(16)24/h2-11H,26H2,1H3,(H,27,29). The number of fused-ring (bicyclic) bond motifs is 1. The number of hydrogen-bond donors (Lipinski definition) is 2. The third-order valence-electron chi connectivity index (χ3n) is 4.80. The summed E-state index contributed by atoms with van der Waals surface area (Å²) in [5.41, 5.74) is 8.96. The van der Waals surface area contributed by atoms with E-state index in [4.69, 9.17) is 21.8 Å². The van der Waals surface area contributed by atoms with Gasteiger partial charge in [0, 0.05) is 23.6 Å². The van der Waals surface area contributed by atoms with E-state index in [-0.39, 0.29) is 27.9 Å². The molecule has 0 aliphatic rings. The van der Waals surface area contributed by atoms with Gasteiger partial charge < -0.3 is 15.5 Å². The van der Waals surface area contributed by atoms with Crippen LogP contribution in [-0.4, -0.2) is 18.7 Å². The molecule has 1 heterocycles. The van der Waals surface area contributed by atoms with Crippen LogP contribution in [0.2, 0.25) is 5.02 Å². The van der Waals surface area contributed by atoms with Crippen molar-refractivity contribution in [2.45, 2.75) is 0 Å². The lowest BCUT2D eigenvalue weighted by atomic mass is 10.0. The van der Waals surface area contributed by atoms with Crippen LogP contribution in [0.15, 0.2) is 65.1 Å². The fraction of sp³-hybridized carbons (Fsp3) is 0.0435. The van der Waals surface area contributed by atoms with Crippen molar-refractivity contribution < 1.29 is 18.4 Å². The van der Waals surface area contributed by atoms with Gasteiger partial charge in [-0.25, -0.2) is 4.39 Å². The molecule has 1 amide bonds. The van der Waals surface area contributed by atoms with Crippen molar-refractivity contribution in [1.29, 1.82) is 0 Å². The summed E-state index contributed by atoms with van der Waals surface area (Å²) >= 11 is 6.01. The van der Waals surface area contributed by atoms with Gasteiger partial charge in [-0.15, -0.1) is 0 Å². The van der Waals surface area contributed by atoms with Crippen molar-refractivity contribution in [3.8, 4) is 11.1 Å². The molecule has 0 spiro atoms. The van der Waals surface area contributed by atoms with Gasteiger partial charge in [-0.05, 0) is 53.6 Å². The lowest BCUT2D eigenvalue weighted by Crippen LogP contribution is -2.17. The number of rotatable bonds is 4. The number of carbonyl (C=O) groups excluding carboxylic acids is 2. The van der Waals surface area contributed by atoms with Crippen molar-refractivity contribution in [3.63, 3.8) is 0 Å². The van der Waals surface area contributed by atoms with E-state index >= 15 is 0 Å². The Bertz CT molecular complexity index is 1310. The van der Waals surface area contributed by atoms with Crippen molar-refractivity contribution >= 4 is 39.9 Å². The van der Waals surface area contributed by atoms with Crippen molar-refractivity contribution in [2.24, 2.45) is 0 Å². The molecule has 150 valence electrons. The maximum Gasteiger partial charge on any atom is 0.251 e. The second kappa shape index (κ2) is 7.65. The number of benzene rings is 3. The molecule has 4 aromatic rings. The van der Waals surface area contributed by atoms with E-state index in [0.29, 0.717) is 16.5 Å². The Kier molecular flexibility index (Phi) is 5.01. The van der Waals surface area contributed by atoms with Crippen LogP contribution in [0.5, 0.6) is 0 Å². The van der Waals surface area contributed by atoms with Crippen LogP contribution in [0, 0.1) is 5.82 Å². The fourth-order valence-corrected chi connectivity index (χ4v) is 3.50. The first-order chi connectivity index (χ1) is 14.4. The first-order valence-electron chi connectivity index (χ1n) is 9.03. The number of nitrogen functional groups attached to an aromatic ring is 1. The van der Waals surface area contributed by atoms with Gasteiger partial charge in [0.15, 0.2) is 5.76 Å². The summed E-state index contributed by atoms with van der Waals surface area (Å²) in [5, 5.41) is 3.14. The minimum atomic E-state index is -0.544. The molecule has 0 atom stereocenters. The van der Waals surface area contributed by atoms with Crippen LogP contribution in [0.25, 0.3) is 22.1 Å². The summed E-state index contributed by atoms with van der Waals surface area (Å²) < 4.78 is 19.1. The van der Waals surface area contributed by atoms with Gasteiger partial charge >= 0.3 is 0 Å². The van der Waals surface area contributed by atoms with E-state index in [1.807, 2.05) is 12.1 Å². The molecular formula is C23H16ClFN2O3. The van der Waals surface area contributed by atoms with Gasteiger partial charge in [0.25, 0.3) is 5.91 Å². The summed E-state index contributed by atoms with van der Waals surface area (Å²) in [4.78, 5) is 24.7. The molecule has 3 aromatic carbocycles. The third kappa shape index (κ3) is 3.42.